The van der Waals surface area contributed by atoms with Crippen molar-refractivity contribution in [2.45, 2.75) is 6.42 Å². The fourth-order valence-corrected chi connectivity index (χ4v) is 3.57. The zero-order valence-electron chi connectivity index (χ0n) is 17.9. The number of hydrogen-bond donors (Lipinski definition) is 1. The second kappa shape index (κ2) is 8.47. The summed E-state index contributed by atoms with van der Waals surface area (Å²) in [6.07, 6.45) is 2.49. The van der Waals surface area contributed by atoms with Crippen LogP contribution in [0.25, 0.3) is 11.3 Å². The van der Waals surface area contributed by atoms with E-state index in [0.717, 1.165) is 27.9 Å². The summed E-state index contributed by atoms with van der Waals surface area (Å²) in [7, 11) is 6.64. The molecule has 3 aromatic rings. The number of hydrazone groups is 1. The quantitative estimate of drug-likeness (QED) is 0.700. The van der Waals surface area contributed by atoms with Gasteiger partial charge in [-0.2, -0.15) is 5.10 Å². The van der Waals surface area contributed by atoms with Crippen LogP contribution in [0.3, 0.4) is 0 Å². The lowest BCUT2D eigenvalue weighted by Gasteiger charge is -2.16. The number of benzene rings is 2. The molecule has 0 atom stereocenters. The number of hydrogen-bond acceptors (Lipinski definition) is 6. The highest BCUT2D eigenvalue weighted by atomic mass is 16.5. The van der Waals surface area contributed by atoms with Crippen molar-refractivity contribution in [3.63, 3.8) is 0 Å². The number of aryl methyl sites for hydroxylation is 1. The Kier molecular flexibility index (Phi) is 5.57. The van der Waals surface area contributed by atoms with E-state index in [1.54, 1.807) is 25.9 Å². The topological polar surface area (TPSA) is 93.9 Å². The Hall–Kier alpha value is -3.88. The molecule has 0 fully saturated rings. The van der Waals surface area contributed by atoms with Gasteiger partial charge in [0.1, 0.15) is 5.69 Å². The van der Waals surface area contributed by atoms with Gasteiger partial charge in [-0.3, -0.25) is 4.68 Å². The van der Waals surface area contributed by atoms with Gasteiger partial charge in [0.15, 0.2) is 11.5 Å². The molecule has 160 valence electrons. The predicted octanol–water partition coefficient (Wildman–Crippen LogP) is 2.45. The van der Waals surface area contributed by atoms with E-state index >= 15 is 0 Å². The largest absolute Gasteiger partial charge is 0.493 e. The lowest BCUT2D eigenvalue weighted by Crippen LogP contribution is -2.35. The van der Waals surface area contributed by atoms with Crippen LogP contribution in [0.4, 0.5) is 4.79 Å². The third kappa shape index (κ3) is 3.94. The van der Waals surface area contributed by atoms with Crippen molar-refractivity contribution < 1.29 is 14.3 Å². The summed E-state index contributed by atoms with van der Waals surface area (Å²) < 4.78 is 12.6. The molecule has 1 aromatic heterocycles. The highest BCUT2D eigenvalue weighted by Crippen LogP contribution is 2.33. The number of ether oxygens (including phenoxy) is 2. The van der Waals surface area contributed by atoms with Crippen LogP contribution >= 0.6 is 0 Å². The van der Waals surface area contributed by atoms with Crippen LogP contribution in [-0.4, -0.2) is 59.6 Å². The molecule has 0 saturated heterocycles. The highest BCUT2D eigenvalue weighted by molar-refractivity contribution is 6.14. The van der Waals surface area contributed by atoms with Gasteiger partial charge in [0.2, 0.25) is 0 Å². The van der Waals surface area contributed by atoms with Gasteiger partial charge in [-0.1, -0.05) is 29.5 Å². The average molecular weight is 420 g/mol. The lowest BCUT2D eigenvalue weighted by atomic mass is 9.94. The fraction of sp³-hybridized carbons (Fsp3) is 0.273. The first-order valence-corrected chi connectivity index (χ1v) is 9.84. The van der Waals surface area contributed by atoms with Gasteiger partial charge in [-0.25, -0.2) is 9.80 Å². The van der Waals surface area contributed by atoms with Crippen molar-refractivity contribution in [2.75, 3.05) is 27.8 Å². The third-order valence-electron chi connectivity index (χ3n) is 5.18. The number of urea groups is 1. The summed E-state index contributed by atoms with van der Waals surface area (Å²) in [4.78, 5) is 12.4. The van der Waals surface area contributed by atoms with E-state index in [1.807, 2.05) is 49.6 Å². The Morgan fingerprint density at radius 2 is 1.74 bits per heavy atom. The van der Waals surface area contributed by atoms with Crippen molar-refractivity contribution in [1.29, 1.82) is 0 Å². The fourth-order valence-electron chi connectivity index (χ4n) is 3.57. The summed E-state index contributed by atoms with van der Waals surface area (Å²) in [6, 6.07) is 11.5. The zero-order valence-corrected chi connectivity index (χ0v) is 17.9. The molecule has 31 heavy (non-hydrogen) atoms. The minimum atomic E-state index is -0.264. The van der Waals surface area contributed by atoms with Crippen molar-refractivity contribution in [2.24, 2.45) is 12.1 Å². The second-order valence-electron chi connectivity index (χ2n) is 7.10. The molecule has 0 bridgehead atoms. The van der Waals surface area contributed by atoms with E-state index in [4.69, 9.17) is 14.6 Å². The minimum absolute atomic E-state index is 0.264. The van der Waals surface area contributed by atoms with Gasteiger partial charge >= 0.3 is 6.03 Å². The molecule has 2 aromatic carbocycles. The number of fused-ring (bicyclic) bond motifs is 1. The molecule has 4 rings (SSSR count). The predicted molar refractivity (Wildman–Crippen MR) is 116 cm³/mol. The van der Waals surface area contributed by atoms with Crippen LogP contribution in [-0.2, 0) is 13.5 Å². The summed E-state index contributed by atoms with van der Waals surface area (Å²) in [5.41, 5.74) is 5.22. The van der Waals surface area contributed by atoms with Crippen LogP contribution in [0, 0.1) is 0 Å². The monoisotopic (exact) mass is 420 g/mol. The maximum atomic E-state index is 12.4. The maximum absolute atomic E-state index is 12.4. The van der Waals surface area contributed by atoms with Crippen LogP contribution < -0.4 is 14.8 Å². The molecular weight excluding hydrogens is 396 g/mol. The van der Waals surface area contributed by atoms with E-state index < -0.39 is 0 Å². The van der Waals surface area contributed by atoms with E-state index in [1.165, 1.54) is 5.01 Å². The van der Waals surface area contributed by atoms with Crippen molar-refractivity contribution >= 4 is 11.7 Å². The Morgan fingerprint density at radius 1 is 1.06 bits per heavy atom. The maximum Gasteiger partial charge on any atom is 0.337 e. The van der Waals surface area contributed by atoms with Crippen molar-refractivity contribution in [3.05, 3.63) is 59.3 Å². The van der Waals surface area contributed by atoms with Gasteiger partial charge in [-0.15, -0.1) is 5.10 Å². The number of methoxy groups -OCH3 is 2. The molecule has 0 radical (unpaired) electrons. The summed E-state index contributed by atoms with van der Waals surface area (Å²) >= 11 is 0. The molecule has 2 amide bonds. The Labute approximate surface area is 180 Å². The molecule has 0 aliphatic carbocycles. The molecule has 1 aliphatic heterocycles. The number of nitrogens with one attached hydrogen (secondary N) is 1. The normalized spacial score (nSPS) is 13.2. The van der Waals surface area contributed by atoms with Crippen LogP contribution in [0.5, 0.6) is 11.5 Å². The third-order valence-corrected chi connectivity index (χ3v) is 5.18. The van der Waals surface area contributed by atoms with Gasteiger partial charge < -0.3 is 14.8 Å². The van der Waals surface area contributed by atoms with Gasteiger partial charge in [0.05, 0.1) is 32.7 Å². The average Bonchev–Trinajstić information content (AvgIpc) is 3.15. The molecule has 0 spiro atoms. The Balaban J connectivity index is 1.82. The van der Waals surface area contributed by atoms with Crippen molar-refractivity contribution in [1.82, 2.24) is 25.3 Å². The van der Waals surface area contributed by atoms with Gasteiger partial charge in [-0.05, 0) is 24.1 Å². The van der Waals surface area contributed by atoms with Crippen LogP contribution in [0.1, 0.15) is 16.7 Å². The number of carbonyl (C=O) groups excluding carboxylic acids is 1. The summed E-state index contributed by atoms with van der Waals surface area (Å²) in [5.74, 6) is 1.26. The Morgan fingerprint density at radius 3 is 2.35 bits per heavy atom. The molecule has 1 N–H and O–H groups in total. The number of nitrogens with zero attached hydrogens (tertiary/aromatic N) is 5. The molecule has 2 heterocycles. The standard InChI is InChI=1S/C22H24N6O3/c1-23-22(29)28-10-9-16-11-19(30-3)20(31-4)12-17(16)21(25-28)15-7-5-14(6-8-15)18-13-27(2)26-24-18/h5-8,11-13H,9-10H2,1-4H3,(H,23,29). The number of amides is 2. The van der Waals surface area contributed by atoms with E-state index in [0.29, 0.717) is 30.2 Å². The van der Waals surface area contributed by atoms with Crippen LogP contribution in [0.2, 0.25) is 0 Å². The molecule has 9 nitrogen and oxygen atoms in total. The molecular formula is C22H24N6O3. The lowest BCUT2D eigenvalue weighted by molar-refractivity contribution is 0.203. The minimum Gasteiger partial charge on any atom is -0.493 e. The second-order valence-corrected chi connectivity index (χ2v) is 7.10. The molecule has 1 aliphatic rings. The number of rotatable bonds is 4. The number of carbonyl (C=O) groups is 1. The smallest absolute Gasteiger partial charge is 0.337 e. The van der Waals surface area contributed by atoms with Gasteiger partial charge in [0, 0.05) is 30.8 Å². The summed E-state index contributed by atoms with van der Waals surface area (Å²) in [6.45, 7) is 0.448. The van der Waals surface area contributed by atoms with Gasteiger partial charge in [0.25, 0.3) is 0 Å². The first kappa shape index (κ1) is 20.4. The summed E-state index contributed by atoms with van der Waals surface area (Å²) in [5, 5.41) is 17.0. The first-order valence-electron chi connectivity index (χ1n) is 9.84. The molecule has 9 heteroatoms. The molecule has 0 unspecified atom stereocenters. The SMILES string of the molecule is CNC(=O)N1CCc2cc(OC)c(OC)cc2C(c2ccc(-c3cn(C)nn3)cc2)=N1. The van der Waals surface area contributed by atoms with E-state index in [9.17, 15) is 4.79 Å². The highest BCUT2D eigenvalue weighted by Gasteiger charge is 2.24. The molecule has 0 saturated carbocycles. The zero-order chi connectivity index (χ0) is 22.0. The first-order chi connectivity index (χ1) is 15.0. The number of aromatic nitrogens is 3. The van der Waals surface area contributed by atoms with E-state index in [2.05, 4.69) is 15.6 Å². The Bertz CT molecular complexity index is 1140. The van der Waals surface area contributed by atoms with E-state index in [-0.39, 0.29) is 6.03 Å². The van der Waals surface area contributed by atoms with Crippen LogP contribution in [0.15, 0.2) is 47.7 Å². The van der Waals surface area contributed by atoms with Crippen molar-refractivity contribution in [3.8, 4) is 22.8 Å².